The first-order valence-electron chi connectivity index (χ1n) is 6.02. The Morgan fingerprint density at radius 1 is 1.24 bits per heavy atom. The zero-order valence-electron chi connectivity index (χ0n) is 9.67. The first-order chi connectivity index (χ1) is 8.25. The fourth-order valence-corrected chi connectivity index (χ4v) is 2.97. The summed E-state index contributed by atoms with van der Waals surface area (Å²) in [4.78, 5) is 22.4. The number of aromatic nitrogens is 2. The first-order valence-corrected chi connectivity index (χ1v) is 6.02. The number of carbonyl (C=O) groups excluding carboxylic acids is 1. The van der Waals surface area contributed by atoms with Crippen LogP contribution in [0, 0.1) is 0 Å². The third-order valence-corrected chi connectivity index (χ3v) is 3.66. The molecular formula is C13H15N3O. The molecule has 1 amide bonds. The van der Waals surface area contributed by atoms with Crippen LogP contribution in [0.5, 0.6) is 0 Å². The number of fused-ring (bicyclic) bond motifs is 2. The van der Waals surface area contributed by atoms with Gasteiger partial charge in [-0.3, -0.25) is 4.79 Å². The van der Waals surface area contributed by atoms with Gasteiger partial charge >= 0.3 is 0 Å². The molecule has 0 saturated carbocycles. The molecule has 0 N–H and O–H groups in total. The van der Waals surface area contributed by atoms with Crippen molar-refractivity contribution in [2.45, 2.75) is 37.8 Å². The standard InChI is InChI=1S/C13H15N3O/c1-9-7-10-3-4-11(8-9)16(10)13(17)12-14-5-2-6-15-12/h2,5-6,10-11H,1,3-4,7-8H2. The summed E-state index contributed by atoms with van der Waals surface area (Å²) >= 11 is 0. The Morgan fingerprint density at radius 2 is 1.82 bits per heavy atom. The lowest BCUT2D eigenvalue weighted by Crippen LogP contribution is -2.45. The van der Waals surface area contributed by atoms with Crippen molar-refractivity contribution in [3.63, 3.8) is 0 Å². The van der Waals surface area contributed by atoms with E-state index in [1.54, 1.807) is 18.5 Å². The van der Waals surface area contributed by atoms with Gasteiger partial charge in [0.15, 0.2) is 0 Å². The van der Waals surface area contributed by atoms with Gasteiger partial charge in [-0.15, -0.1) is 0 Å². The highest BCUT2D eigenvalue weighted by molar-refractivity contribution is 5.91. The SMILES string of the molecule is C=C1CC2CCC(C1)N2C(=O)c1ncccn1. The van der Waals surface area contributed by atoms with Gasteiger partial charge in [0.25, 0.3) is 5.91 Å². The van der Waals surface area contributed by atoms with Crippen molar-refractivity contribution in [1.82, 2.24) is 14.9 Å². The number of carbonyl (C=O) groups is 1. The molecule has 3 rings (SSSR count). The summed E-state index contributed by atoms with van der Waals surface area (Å²) < 4.78 is 0. The number of hydrogen-bond donors (Lipinski definition) is 0. The van der Waals surface area contributed by atoms with Gasteiger partial charge in [0.1, 0.15) is 0 Å². The molecule has 1 aromatic heterocycles. The maximum atomic E-state index is 12.3. The molecule has 2 unspecified atom stereocenters. The van der Waals surface area contributed by atoms with Crippen LogP contribution in [0.3, 0.4) is 0 Å². The van der Waals surface area contributed by atoms with Crippen molar-refractivity contribution in [3.05, 3.63) is 36.4 Å². The molecule has 88 valence electrons. The Hall–Kier alpha value is -1.71. The number of piperidine rings is 1. The zero-order chi connectivity index (χ0) is 11.8. The number of nitrogens with zero attached hydrogens (tertiary/aromatic N) is 3. The third-order valence-electron chi connectivity index (χ3n) is 3.66. The maximum absolute atomic E-state index is 12.3. The molecule has 2 atom stereocenters. The summed E-state index contributed by atoms with van der Waals surface area (Å²) in [6.07, 6.45) is 7.28. The van der Waals surface area contributed by atoms with Crippen LogP contribution in [0.15, 0.2) is 30.6 Å². The van der Waals surface area contributed by atoms with Gasteiger partial charge in [0.05, 0.1) is 0 Å². The second-order valence-corrected chi connectivity index (χ2v) is 4.83. The molecule has 2 bridgehead atoms. The normalized spacial score (nSPS) is 27.3. The van der Waals surface area contributed by atoms with Gasteiger partial charge in [-0.05, 0) is 31.7 Å². The summed E-state index contributed by atoms with van der Waals surface area (Å²) in [5.74, 6) is 0.294. The fraction of sp³-hybridized carbons (Fsp3) is 0.462. The van der Waals surface area contributed by atoms with Crippen LogP contribution in [-0.4, -0.2) is 32.9 Å². The Balaban J connectivity index is 1.86. The minimum Gasteiger partial charge on any atom is -0.329 e. The minimum atomic E-state index is -0.0226. The number of hydrogen-bond acceptors (Lipinski definition) is 3. The highest BCUT2D eigenvalue weighted by Gasteiger charge is 2.41. The average molecular weight is 229 g/mol. The molecular weight excluding hydrogens is 214 g/mol. The lowest BCUT2D eigenvalue weighted by atomic mass is 9.98. The Kier molecular flexibility index (Phi) is 2.42. The van der Waals surface area contributed by atoms with Gasteiger partial charge in [0, 0.05) is 24.5 Å². The van der Waals surface area contributed by atoms with E-state index in [0.29, 0.717) is 17.9 Å². The molecule has 0 aromatic carbocycles. The molecule has 2 aliphatic heterocycles. The van der Waals surface area contributed by atoms with Gasteiger partial charge in [-0.1, -0.05) is 12.2 Å². The predicted octanol–water partition coefficient (Wildman–Crippen LogP) is 1.80. The summed E-state index contributed by atoms with van der Waals surface area (Å²) in [6, 6.07) is 2.36. The molecule has 2 saturated heterocycles. The highest BCUT2D eigenvalue weighted by atomic mass is 16.2. The molecule has 4 heteroatoms. The topological polar surface area (TPSA) is 46.1 Å². The smallest absolute Gasteiger partial charge is 0.292 e. The van der Waals surface area contributed by atoms with Gasteiger partial charge < -0.3 is 4.90 Å². The van der Waals surface area contributed by atoms with Crippen molar-refractivity contribution >= 4 is 5.91 Å². The molecule has 2 fully saturated rings. The lowest BCUT2D eigenvalue weighted by Gasteiger charge is -2.35. The zero-order valence-corrected chi connectivity index (χ0v) is 9.67. The second-order valence-electron chi connectivity index (χ2n) is 4.83. The van der Waals surface area contributed by atoms with Crippen LogP contribution in [-0.2, 0) is 0 Å². The van der Waals surface area contributed by atoms with Crippen LogP contribution in [0.4, 0.5) is 0 Å². The summed E-state index contributed by atoms with van der Waals surface area (Å²) in [6.45, 7) is 4.05. The highest BCUT2D eigenvalue weighted by Crippen LogP contribution is 2.38. The molecule has 0 spiro atoms. The van der Waals surface area contributed by atoms with Crippen molar-refractivity contribution in [3.8, 4) is 0 Å². The Labute approximate surface area is 100 Å². The largest absolute Gasteiger partial charge is 0.329 e. The van der Waals surface area contributed by atoms with E-state index >= 15 is 0 Å². The van der Waals surface area contributed by atoms with Gasteiger partial charge in [-0.25, -0.2) is 9.97 Å². The minimum absolute atomic E-state index is 0.0226. The van der Waals surface area contributed by atoms with E-state index in [-0.39, 0.29) is 5.91 Å². The van der Waals surface area contributed by atoms with Crippen LogP contribution in [0.25, 0.3) is 0 Å². The van der Waals surface area contributed by atoms with E-state index in [1.165, 1.54) is 5.57 Å². The summed E-state index contributed by atoms with van der Waals surface area (Å²) in [5.41, 5.74) is 1.27. The Morgan fingerprint density at radius 3 is 2.41 bits per heavy atom. The maximum Gasteiger partial charge on any atom is 0.292 e. The van der Waals surface area contributed by atoms with Gasteiger partial charge in [-0.2, -0.15) is 0 Å². The molecule has 0 radical (unpaired) electrons. The number of amides is 1. The van der Waals surface area contributed by atoms with Crippen LogP contribution >= 0.6 is 0 Å². The van der Waals surface area contributed by atoms with E-state index in [4.69, 9.17) is 0 Å². The molecule has 1 aromatic rings. The molecule has 17 heavy (non-hydrogen) atoms. The predicted molar refractivity (Wildman–Crippen MR) is 63.4 cm³/mol. The van der Waals surface area contributed by atoms with E-state index < -0.39 is 0 Å². The fourth-order valence-electron chi connectivity index (χ4n) is 2.97. The third kappa shape index (κ3) is 1.73. The van der Waals surface area contributed by atoms with Crippen LogP contribution in [0.1, 0.15) is 36.3 Å². The van der Waals surface area contributed by atoms with Crippen molar-refractivity contribution < 1.29 is 4.79 Å². The average Bonchev–Trinajstić information content (AvgIpc) is 2.62. The van der Waals surface area contributed by atoms with E-state index in [1.807, 2.05) is 4.90 Å². The van der Waals surface area contributed by atoms with Crippen molar-refractivity contribution in [1.29, 1.82) is 0 Å². The molecule has 0 aliphatic carbocycles. The number of rotatable bonds is 1. The summed E-state index contributed by atoms with van der Waals surface area (Å²) in [7, 11) is 0. The van der Waals surface area contributed by atoms with Crippen molar-refractivity contribution in [2.75, 3.05) is 0 Å². The lowest BCUT2D eigenvalue weighted by molar-refractivity contribution is 0.0622. The van der Waals surface area contributed by atoms with E-state index in [0.717, 1.165) is 25.7 Å². The molecule has 4 nitrogen and oxygen atoms in total. The van der Waals surface area contributed by atoms with E-state index in [2.05, 4.69) is 16.5 Å². The monoisotopic (exact) mass is 229 g/mol. The van der Waals surface area contributed by atoms with Gasteiger partial charge in [0.2, 0.25) is 5.82 Å². The Bertz CT molecular complexity index is 441. The quantitative estimate of drug-likeness (QED) is 0.690. The van der Waals surface area contributed by atoms with Crippen LogP contribution < -0.4 is 0 Å². The first kappa shape index (κ1) is 10.4. The van der Waals surface area contributed by atoms with Crippen molar-refractivity contribution in [2.24, 2.45) is 0 Å². The molecule has 3 heterocycles. The van der Waals surface area contributed by atoms with Crippen LogP contribution in [0.2, 0.25) is 0 Å². The molecule has 2 aliphatic rings. The summed E-state index contributed by atoms with van der Waals surface area (Å²) in [5, 5.41) is 0. The van der Waals surface area contributed by atoms with E-state index in [9.17, 15) is 4.79 Å². The second kappa shape index (κ2) is 3.95.